The Balaban J connectivity index is 1.98. The fourth-order valence-electron chi connectivity index (χ4n) is 3.30. The predicted molar refractivity (Wildman–Crippen MR) is 108 cm³/mol. The average molecular weight is 429 g/mol. The molecule has 1 aliphatic rings. The number of Topliss-reactive ketones (excluding diaryl/α,β-unsaturated/α-hetero) is 1. The first-order valence-electron chi connectivity index (χ1n) is 8.61. The molecule has 0 bridgehead atoms. The minimum atomic E-state index is -1.47. The number of hydrazone groups is 1. The van der Waals surface area contributed by atoms with Gasteiger partial charge in [0.2, 0.25) is 6.21 Å². The van der Waals surface area contributed by atoms with Crippen LogP contribution in [0.1, 0.15) is 29.0 Å². The maximum atomic E-state index is 13.2. The quantitative estimate of drug-likeness (QED) is 0.560. The summed E-state index contributed by atoms with van der Waals surface area (Å²) < 4.78 is 6.39. The summed E-state index contributed by atoms with van der Waals surface area (Å²) in [5.41, 5.74) is 4.31. The molecule has 0 aromatic heterocycles. The molecule has 0 radical (unpaired) electrons. The van der Waals surface area contributed by atoms with Crippen molar-refractivity contribution in [2.24, 2.45) is 0 Å². The fraction of sp³-hybridized carbons (Fsp3) is 0.238. The van der Waals surface area contributed by atoms with Crippen molar-refractivity contribution in [1.82, 2.24) is 5.43 Å². The summed E-state index contributed by atoms with van der Waals surface area (Å²) in [4.78, 5) is 13.7. The molecule has 0 saturated carbocycles. The number of hydrazine groups is 1. The van der Waals surface area contributed by atoms with Crippen LogP contribution in [-0.2, 0) is 9.53 Å². The van der Waals surface area contributed by atoms with Gasteiger partial charge in [0, 0.05) is 30.0 Å². The fourth-order valence-corrected chi connectivity index (χ4v) is 3.56. The molecule has 0 spiro atoms. The van der Waals surface area contributed by atoms with Gasteiger partial charge in [-0.05, 0) is 41.8 Å². The van der Waals surface area contributed by atoms with Crippen molar-refractivity contribution in [2.45, 2.75) is 25.0 Å². The van der Waals surface area contributed by atoms with Gasteiger partial charge in [-0.15, -0.1) is 5.43 Å². The lowest BCUT2D eigenvalue weighted by atomic mass is 9.83. The van der Waals surface area contributed by atoms with Gasteiger partial charge in [-0.25, -0.2) is 0 Å². The van der Waals surface area contributed by atoms with Crippen molar-refractivity contribution in [1.29, 1.82) is 0 Å². The molecule has 1 heterocycles. The third-order valence-electron chi connectivity index (χ3n) is 4.79. The van der Waals surface area contributed by atoms with Gasteiger partial charge in [0.1, 0.15) is 0 Å². The largest absolute Gasteiger partial charge is 0.596 e. The molecular weight excluding hydrogens is 408 g/mol. The molecule has 1 N–H and O–H groups in total. The van der Waals surface area contributed by atoms with E-state index in [4.69, 9.17) is 4.74 Å². The first-order chi connectivity index (χ1) is 12.9. The molecule has 0 aliphatic carbocycles. The lowest BCUT2D eigenvalue weighted by molar-refractivity contribution is -0.542. The van der Waals surface area contributed by atoms with Gasteiger partial charge >= 0.3 is 0 Å². The number of hydrogen-bond acceptors (Lipinski definition) is 4. The maximum Gasteiger partial charge on any atom is 0.268 e. The Morgan fingerprint density at radius 2 is 1.96 bits per heavy atom. The molecule has 2 atom stereocenters. The number of carbonyl (C=O) groups is 1. The van der Waals surface area contributed by atoms with Gasteiger partial charge in [-0.2, -0.15) is 0 Å². The number of carbonyl (C=O) groups excluding carboxylic acids is 1. The Hall–Kier alpha value is -2.44. The van der Waals surface area contributed by atoms with Crippen LogP contribution in [0.3, 0.4) is 0 Å². The molecule has 3 rings (SSSR count). The van der Waals surface area contributed by atoms with Crippen LogP contribution in [0.4, 0.5) is 0 Å². The van der Waals surface area contributed by atoms with Gasteiger partial charge in [0.05, 0.1) is 0 Å². The van der Waals surface area contributed by atoms with Crippen LogP contribution in [0.15, 0.2) is 65.2 Å². The average Bonchev–Trinajstić information content (AvgIpc) is 2.67. The van der Waals surface area contributed by atoms with E-state index < -0.39 is 5.72 Å². The first kappa shape index (κ1) is 19.3. The molecule has 27 heavy (non-hydrogen) atoms. The Bertz CT molecular complexity index is 893. The topological polar surface area (TPSA) is 64.4 Å². The third-order valence-corrected chi connectivity index (χ3v) is 5.32. The van der Waals surface area contributed by atoms with Gasteiger partial charge < -0.3 is 9.94 Å². The highest BCUT2D eigenvalue weighted by Gasteiger charge is 2.41. The van der Waals surface area contributed by atoms with E-state index in [2.05, 4.69) is 21.4 Å². The summed E-state index contributed by atoms with van der Waals surface area (Å²) in [5, 5.41) is 11.7. The summed E-state index contributed by atoms with van der Waals surface area (Å²) in [7, 11) is 1.41. The molecule has 2 unspecified atom stereocenters. The zero-order valence-corrected chi connectivity index (χ0v) is 16.8. The van der Waals surface area contributed by atoms with Crippen LogP contribution in [-0.4, -0.2) is 29.7 Å². The van der Waals surface area contributed by atoms with Crippen molar-refractivity contribution in [3.8, 4) is 0 Å². The maximum absolute atomic E-state index is 13.2. The van der Waals surface area contributed by atoms with Crippen molar-refractivity contribution in [3.63, 3.8) is 0 Å². The van der Waals surface area contributed by atoms with Crippen LogP contribution in [0.25, 0.3) is 0 Å². The second-order valence-electron chi connectivity index (χ2n) is 6.47. The van der Waals surface area contributed by atoms with Crippen LogP contribution < -0.4 is 5.43 Å². The Morgan fingerprint density at radius 1 is 1.26 bits per heavy atom. The number of aryl methyl sites for hydroxylation is 1. The van der Waals surface area contributed by atoms with Crippen molar-refractivity contribution >= 4 is 27.9 Å². The van der Waals surface area contributed by atoms with E-state index in [1.807, 2.05) is 55.5 Å². The molecule has 0 saturated heterocycles. The van der Waals surface area contributed by atoms with Crippen LogP contribution in [0, 0.1) is 12.1 Å². The standard InChI is InChI=1S/C21H21BrN2O3/c1-15-6-3-4-7-18(15)19(16-8-10-17(22)11-9-16)14-20(25)21(27-2)12-5-13-24(26)23-21/h3-13,19,23H,14H2,1-2H3. The lowest BCUT2D eigenvalue weighted by Gasteiger charge is -2.30. The van der Waals surface area contributed by atoms with Gasteiger partial charge in [-0.3, -0.25) is 4.79 Å². The Kier molecular flexibility index (Phi) is 5.77. The minimum absolute atomic E-state index is 0.153. The molecule has 2 aromatic carbocycles. The number of ketones is 1. The predicted octanol–water partition coefficient (Wildman–Crippen LogP) is 3.85. The highest BCUT2D eigenvalue weighted by atomic mass is 79.9. The summed E-state index contributed by atoms with van der Waals surface area (Å²) in [6, 6.07) is 16.0. The zero-order chi connectivity index (χ0) is 19.4. The Morgan fingerprint density at radius 3 is 2.59 bits per heavy atom. The van der Waals surface area contributed by atoms with E-state index in [0.29, 0.717) is 4.85 Å². The number of nitrogens with zero attached hydrogens (tertiary/aromatic N) is 1. The molecule has 140 valence electrons. The van der Waals surface area contributed by atoms with Crippen molar-refractivity contribution in [3.05, 3.63) is 87.1 Å². The number of benzene rings is 2. The summed E-state index contributed by atoms with van der Waals surface area (Å²) in [5.74, 6) is -0.369. The van der Waals surface area contributed by atoms with Crippen molar-refractivity contribution < 1.29 is 14.4 Å². The number of halogens is 1. The van der Waals surface area contributed by atoms with E-state index in [9.17, 15) is 10.0 Å². The third kappa shape index (κ3) is 4.12. The number of allylic oxidation sites excluding steroid dienone is 1. The first-order valence-corrected chi connectivity index (χ1v) is 9.41. The molecule has 0 amide bonds. The number of rotatable bonds is 6. The molecule has 5 nitrogen and oxygen atoms in total. The summed E-state index contributed by atoms with van der Waals surface area (Å²) in [6.07, 6.45) is 4.57. The second-order valence-corrected chi connectivity index (χ2v) is 7.39. The van der Waals surface area contributed by atoms with Gasteiger partial charge in [0.15, 0.2) is 5.78 Å². The van der Waals surface area contributed by atoms with Crippen molar-refractivity contribution in [2.75, 3.05) is 7.11 Å². The summed E-state index contributed by atoms with van der Waals surface area (Å²) in [6.45, 7) is 2.03. The minimum Gasteiger partial charge on any atom is -0.596 e. The van der Waals surface area contributed by atoms with Crippen LogP contribution >= 0.6 is 15.9 Å². The highest BCUT2D eigenvalue weighted by molar-refractivity contribution is 9.10. The van der Waals surface area contributed by atoms with E-state index in [1.165, 1.54) is 19.4 Å². The number of hydrogen-bond donors (Lipinski definition) is 1. The monoisotopic (exact) mass is 428 g/mol. The SMILES string of the molecule is COC1(C(=O)CC(c2ccc(Br)cc2)c2ccccc2C)C=CC=[N+]([O-])N1. The molecule has 2 aromatic rings. The Labute approximate surface area is 167 Å². The molecule has 0 fully saturated rings. The van der Waals surface area contributed by atoms with E-state index >= 15 is 0 Å². The van der Waals surface area contributed by atoms with Gasteiger partial charge in [-0.1, -0.05) is 57.2 Å². The zero-order valence-electron chi connectivity index (χ0n) is 15.2. The van der Waals surface area contributed by atoms with Gasteiger partial charge in [0.25, 0.3) is 5.72 Å². The van der Waals surface area contributed by atoms with Crippen LogP contribution in [0.5, 0.6) is 0 Å². The smallest absolute Gasteiger partial charge is 0.268 e. The number of ether oxygens (including phenoxy) is 1. The van der Waals surface area contributed by atoms with E-state index in [0.717, 1.165) is 21.2 Å². The molecule has 6 heteroatoms. The summed E-state index contributed by atoms with van der Waals surface area (Å²) >= 11 is 3.46. The second kappa shape index (κ2) is 8.06. The van der Waals surface area contributed by atoms with E-state index in [1.54, 1.807) is 6.08 Å². The lowest BCUT2D eigenvalue weighted by Crippen LogP contribution is -2.56. The van der Waals surface area contributed by atoms with E-state index in [-0.39, 0.29) is 18.1 Å². The highest BCUT2D eigenvalue weighted by Crippen LogP contribution is 2.33. The normalized spacial score (nSPS) is 19.9. The number of methoxy groups -OCH3 is 1. The molecule has 1 aliphatic heterocycles. The van der Waals surface area contributed by atoms with Crippen LogP contribution in [0.2, 0.25) is 0 Å². The molecular formula is C21H21BrN2O3. The number of nitrogens with one attached hydrogen (secondary N) is 1.